The second-order valence-corrected chi connectivity index (χ2v) is 4.98. The standard InChI is InChI=1S/C12H22O2/c1-9(2)11-5-3-4-10(6-7-11)8-12(13)14/h9-11H,3-8H2,1-2H3,(H,13,14). The van der Waals surface area contributed by atoms with Gasteiger partial charge in [-0.3, -0.25) is 4.79 Å². The van der Waals surface area contributed by atoms with Crippen LogP contribution in [0, 0.1) is 17.8 Å². The minimum absolute atomic E-state index is 0.380. The van der Waals surface area contributed by atoms with Gasteiger partial charge in [0.15, 0.2) is 0 Å². The first-order valence-corrected chi connectivity index (χ1v) is 5.81. The first-order chi connectivity index (χ1) is 6.59. The molecule has 0 amide bonds. The third-order valence-corrected chi connectivity index (χ3v) is 3.54. The van der Waals surface area contributed by atoms with Crippen molar-refractivity contribution in [2.45, 2.75) is 52.4 Å². The normalized spacial score (nSPS) is 28.8. The van der Waals surface area contributed by atoms with Crippen molar-refractivity contribution in [2.24, 2.45) is 17.8 Å². The number of rotatable bonds is 3. The van der Waals surface area contributed by atoms with E-state index >= 15 is 0 Å². The van der Waals surface area contributed by atoms with Gasteiger partial charge in [-0.25, -0.2) is 0 Å². The molecule has 0 aromatic carbocycles. The van der Waals surface area contributed by atoms with Crippen molar-refractivity contribution < 1.29 is 9.90 Å². The highest BCUT2D eigenvalue weighted by molar-refractivity contribution is 5.66. The van der Waals surface area contributed by atoms with Crippen LogP contribution >= 0.6 is 0 Å². The summed E-state index contributed by atoms with van der Waals surface area (Å²) in [7, 11) is 0. The number of carbonyl (C=O) groups is 1. The molecule has 1 aliphatic carbocycles. The number of hydrogen-bond acceptors (Lipinski definition) is 1. The van der Waals surface area contributed by atoms with Gasteiger partial charge in [0, 0.05) is 6.42 Å². The molecule has 1 N–H and O–H groups in total. The Morgan fingerprint density at radius 1 is 1.29 bits per heavy atom. The molecule has 1 fully saturated rings. The van der Waals surface area contributed by atoms with Gasteiger partial charge < -0.3 is 5.11 Å². The molecule has 0 saturated heterocycles. The van der Waals surface area contributed by atoms with Crippen LogP contribution < -0.4 is 0 Å². The molecule has 1 aliphatic rings. The minimum Gasteiger partial charge on any atom is -0.481 e. The van der Waals surface area contributed by atoms with Crippen LogP contribution in [0.2, 0.25) is 0 Å². The van der Waals surface area contributed by atoms with Crippen LogP contribution in [0.3, 0.4) is 0 Å². The molecule has 0 aliphatic heterocycles. The zero-order valence-electron chi connectivity index (χ0n) is 9.33. The first kappa shape index (κ1) is 11.5. The highest BCUT2D eigenvalue weighted by Crippen LogP contribution is 2.32. The molecule has 2 heteroatoms. The van der Waals surface area contributed by atoms with Gasteiger partial charge in [-0.1, -0.05) is 26.7 Å². The lowest BCUT2D eigenvalue weighted by Crippen LogP contribution is -2.09. The summed E-state index contributed by atoms with van der Waals surface area (Å²) in [6.07, 6.45) is 6.37. The molecule has 2 nitrogen and oxygen atoms in total. The molecule has 0 spiro atoms. The highest BCUT2D eigenvalue weighted by Gasteiger charge is 2.22. The molecule has 0 bridgehead atoms. The van der Waals surface area contributed by atoms with Gasteiger partial charge in [0.05, 0.1) is 0 Å². The van der Waals surface area contributed by atoms with Crippen LogP contribution in [0.5, 0.6) is 0 Å². The Labute approximate surface area is 86.7 Å². The molecule has 1 rings (SSSR count). The molecular formula is C12H22O2. The molecule has 0 radical (unpaired) electrons. The maximum Gasteiger partial charge on any atom is 0.303 e. The Morgan fingerprint density at radius 3 is 2.57 bits per heavy atom. The van der Waals surface area contributed by atoms with E-state index in [1.54, 1.807) is 0 Å². The monoisotopic (exact) mass is 198 g/mol. The summed E-state index contributed by atoms with van der Waals surface area (Å²) < 4.78 is 0. The van der Waals surface area contributed by atoms with Crippen LogP contribution in [0.15, 0.2) is 0 Å². The molecule has 14 heavy (non-hydrogen) atoms. The molecule has 2 atom stereocenters. The van der Waals surface area contributed by atoms with E-state index < -0.39 is 5.97 Å². The molecule has 0 aromatic rings. The van der Waals surface area contributed by atoms with E-state index in [2.05, 4.69) is 13.8 Å². The van der Waals surface area contributed by atoms with Crippen LogP contribution in [0.25, 0.3) is 0 Å². The summed E-state index contributed by atoms with van der Waals surface area (Å²) in [6, 6.07) is 0. The fourth-order valence-electron chi connectivity index (χ4n) is 2.52. The molecule has 0 heterocycles. The van der Waals surface area contributed by atoms with E-state index in [4.69, 9.17) is 5.11 Å². The fourth-order valence-corrected chi connectivity index (χ4v) is 2.52. The van der Waals surface area contributed by atoms with Gasteiger partial charge in [0.1, 0.15) is 0 Å². The summed E-state index contributed by atoms with van der Waals surface area (Å²) in [6.45, 7) is 4.56. The Bertz CT molecular complexity index is 187. The molecule has 2 unspecified atom stereocenters. The van der Waals surface area contributed by atoms with Crippen LogP contribution in [0.4, 0.5) is 0 Å². The SMILES string of the molecule is CC(C)C1CCCC(CC(=O)O)CC1. The fraction of sp³-hybridized carbons (Fsp3) is 0.917. The van der Waals surface area contributed by atoms with E-state index in [1.807, 2.05) is 0 Å². The van der Waals surface area contributed by atoms with E-state index in [-0.39, 0.29) is 0 Å². The number of aliphatic carboxylic acids is 1. The largest absolute Gasteiger partial charge is 0.481 e. The second-order valence-electron chi connectivity index (χ2n) is 4.98. The summed E-state index contributed by atoms with van der Waals surface area (Å²) in [4.78, 5) is 10.6. The van der Waals surface area contributed by atoms with Crippen molar-refractivity contribution in [2.75, 3.05) is 0 Å². The minimum atomic E-state index is -0.627. The lowest BCUT2D eigenvalue weighted by atomic mass is 9.88. The highest BCUT2D eigenvalue weighted by atomic mass is 16.4. The van der Waals surface area contributed by atoms with Crippen molar-refractivity contribution >= 4 is 5.97 Å². The van der Waals surface area contributed by atoms with Crippen molar-refractivity contribution in [3.63, 3.8) is 0 Å². The van der Waals surface area contributed by atoms with Gasteiger partial charge >= 0.3 is 5.97 Å². The van der Waals surface area contributed by atoms with Gasteiger partial charge in [0.25, 0.3) is 0 Å². The predicted molar refractivity (Wildman–Crippen MR) is 57.2 cm³/mol. The van der Waals surface area contributed by atoms with E-state index in [0.29, 0.717) is 12.3 Å². The molecule has 1 saturated carbocycles. The second kappa shape index (κ2) is 5.38. The van der Waals surface area contributed by atoms with Gasteiger partial charge in [0.2, 0.25) is 0 Å². The third-order valence-electron chi connectivity index (χ3n) is 3.54. The average molecular weight is 198 g/mol. The van der Waals surface area contributed by atoms with Gasteiger partial charge in [-0.2, -0.15) is 0 Å². The summed E-state index contributed by atoms with van der Waals surface area (Å²) in [5, 5.41) is 8.73. The Morgan fingerprint density at radius 2 is 2.00 bits per heavy atom. The van der Waals surface area contributed by atoms with E-state index in [0.717, 1.165) is 24.7 Å². The lowest BCUT2D eigenvalue weighted by Gasteiger charge is -2.18. The van der Waals surface area contributed by atoms with Crippen molar-refractivity contribution in [3.05, 3.63) is 0 Å². The average Bonchev–Trinajstić information content (AvgIpc) is 2.28. The van der Waals surface area contributed by atoms with Crippen molar-refractivity contribution in [1.29, 1.82) is 0 Å². The number of carboxylic acids is 1. The van der Waals surface area contributed by atoms with Gasteiger partial charge in [-0.05, 0) is 37.0 Å². The van der Waals surface area contributed by atoms with Crippen molar-refractivity contribution in [3.8, 4) is 0 Å². The maximum absolute atomic E-state index is 10.6. The molecule has 82 valence electrons. The maximum atomic E-state index is 10.6. The zero-order valence-corrected chi connectivity index (χ0v) is 9.33. The Balaban J connectivity index is 2.36. The smallest absolute Gasteiger partial charge is 0.303 e. The third kappa shape index (κ3) is 3.69. The summed E-state index contributed by atoms with van der Waals surface area (Å²) >= 11 is 0. The Kier molecular flexibility index (Phi) is 4.43. The molecule has 0 aromatic heterocycles. The number of hydrogen-bond donors (Lipinski definition) is 1. The van der Waals surface area contributed by atoms with Gasteiger partial charge in [-0.15, -0.1) is 0 Å². The van der Waals surface area contributed by atoms with E-state index in [9.17, 15) is 4.79 Å². The Hall–Kier alpha value is -0.530. The summed E-state index contributed by atoms with van der Waals surface area (Å²) in [5.74, 6) is 1.40. The zero-order chi connectivity index (χ0) is 10.6. The number of carboxylic acid groups (broad SMARTS) is 1. The topological polar surface area (TPSA) is 37.3 Å². The van der Waals surface area contributed by atoms with Crippen molar-refractivity contribution in [1.82, 2.24) is 0 Å². The quantitative estimate of drug-likeness (QED) is 0.706. The summed E-state index contributed by atoms with van der Waals surface area (Å²) in [5.41, 5.74) is 0. The lowest BCUT2D eigenvalue weighted by molar-refractivity contribution is -0.138. The van der Waals surface area contributed by atoms with Crippen LogP contribution in [-0.2, 0) is 4.79 Å². The van der Waals surface area contributed by atoms with Crippen LogP contribution in [0.1, 0.15) is 52.4 Å². The molecular weight excluding hydrogens is 176 g/mol. The first-order valence-electron chi connectivity index (χ1n) is 5.81. The predicted octanol–water partition coefficient (Wildman–Crippen LogP) is 3.31. The van der Waals surface area contributed by atoms with E-state index in [1.165, 1.54) is 19.3 Å². The van der Waals surface area contributed by atoms with Crippen LogP contribution in [-0.4, -0.2) is 11.1 Å².